The number of carbonyl (C=O) groups is 2. The Hall–Kier alpha value is -3.21. The molecule has 2 aromatic rings. The van der Waals surface area contributed by atoms with Gasteiger partial charge in [0, 0.05) is 24.9 Å². The molecule has 0 aliphatic heterocycles. The lowest BCUT2D eigenvalue weighted by molar-refractivity contribution is -0.117. The number of hydrogen-bond acceptors (Lipinski definition) is 8. The molecule has 0 saturated carbocycles. The van der Waals surface area contributed by atoms with E-state index < -0.39 is 21.7 Å². The number of aromatic nitrogens is 2. The van der Waals surface area contributed by atoms with Crippen molar-refractivity contribution < 1.29 is 18.0 Å². The maximum Gasteiger partial charge on any atom is 0.271 e. The summed E-state index contributed by atoms with van der Waals surface area (Å²) >= 11 is 0. The molecular formula is C17H22N6O4S. The van der Waals surface area contributed by atoms with Crippen molar-refractivity contribution in [3.8, 4) is 0 Å². The SMILES string of the molecule is CCc1nc(C(N)=O)c(Nc2cccc(S(C)(=O)=O)c2)nc1NCCC(N)=O. The van der Waals surface area contributed by atoms with Crippen LogP contribution in [0.15, 0.2) is 29.2 Å². The van der Waals surface area contributed by atoms with Crippen LogP contribution in [0.3, 0.4) is 0 Å². The van der Waals surface area contributed by atoms with E-state index in [0.29, 0.717) is 23.6 Å². The molecule has 2 amide bonds. The fraction of sp³-hybridized carbons (Fsp3) is 0.294. The van der Waals surface area contributed by atoms with Crippen LogP contribution in [0.4, 0.5) is 17.3 Å². The number of benzene rings is 1. The first-order chi connectivity index (χ1) is 13.1. The zero-order chi connectivity index (χ0) is 20.9. The largest absolute Gasteiger partial charge is 0.370 e. The number of amides is 2. The van der Waals surface area contributed by atoms with Crippen molar-refractivity contribution in [1.82, 2.24) is 9.97 Å². The van der Waals surface area contributed by atoms with Crippen molar-refractivity contribution in [3.63, 3.8) is 0 Å². The van der Waals surface area contributed by atoms with E-state index >= 15 is 0 Å². The van der Waals surface area contributed by atoms with Crippen molar-refractivity contribution in [1.29, 1.82) is 0 Å². The Labute approximate surface area is 162 Å². The second kappa shape index (κ2) is 8.65. The van der Waals surface area contributed by atoms with Crippen LogP contribution in [-0.4, -0.2) is 43.0 Å². The molecule has 0 bridgehead atoms. The molecule has 0 aliphatic rings. The van der Waals surface area contributed by atoms with Crippen molar-refractivity contribution >= 4 is 39.0 Å². The lowest BCUT2D eigenvalue weighted by Crippen LogP contribution is -2.21. The van der Waals surface area contributed by atoms with Gasteiger partial charge in [-0.3, -0.25) is 9.59 Å². The van der Waals surface area contributed by atoms with Gasteiger partial charge in [-0.25, -0.2) is 18.4 Å². The molecule has 1 aromatic heterocycles. The third kappa shape index (κ3) is 5.39. The van der Waals surface area contributed by atoms with Crippen LogP contribution < -0.4 is 22.1 Å². The number of nitrogens with one attached hydrogen (secondary N) is 2. The van der Waals surface area contributed by atoms with Gasteiger partial charge in [0.25, 0.3) is 5.91 Å². The van der Waals surface area contributed by atoms with Gasteiger partial charge in [0.05, 0.1) is 10.6 Å². The highest BCUT2D eigenvalue weighted by atomic mass is 32.2. The van der Waals surface area contributed by atoms with Crippen LogP contribution in [0.2, 0.25) is 0 Å². The minimum atomic E-state index is -3.41. The molecule has 0 aliphatic carbocycles. The molecule has 0 atom stereocenters. The second-order valence-corrected chi connectivity index (χ2v) is 8.02. The highest BCUT2D eigenvalue weighted by molar-refractivity contribution is 7.90. The Kier molecular flexibility index (Phi) is 6.52. The van der Waals surface area contributed by atoms with Crippen molar-refractivity contribution in [2.75, 3.05) is 23.4 Å². The summed E-state index contributed by atoms with van der Waals surface area (Å²) < 4.78 is 23.5. The van der Waals surface area contributed by atoms with Crippen molar-refractivity contribution in [2.45, 2.75) is 24.7 Å². The molecule has 6 N–H and O–H groups in total. The quantitative estimate of drug-likeness (QED) is 0.468. The van der Waals surface area contributed by atoms with Gasteiger partial charge in [-0.15, -0.1) is 0 Å². The summed E-state index contributed by atoms with van der Waals surface area (Å²) in [6.07, 6.45) is 1.66. The predicted octanol–water partition coefficient (Wildman–Crippen LogP) is 0.572. The average molecular weight is 406 g/mol. The minimum Gasteiger partial charge on any atom is -0.370 e. The molecule has 28 heavy (non-hydrogen) atoms. The average Bonchev–Trinajstić information content (AvgIpc) is 2.61. The van der Waals surface area contributed by atoms with E-state index in [1.54, 1.807) is 12.1 Å². The van der Waals surface area contributed by atoms with E-state index in [4.69, 9.17) is 11.5 Å². The molecule has 1 heterocycles. The van der Waals surface area contributed by atoms with E-state index in [-0.39, 0.29) is 29.4 Å². The molecule has 0 saturated heterocycles. The monoisotopic (exact) mass is 406 g/mol. The van der Waals surface area contributed by atoms with Gasteiger partial charge in [0.15, 0.2) is 21.3 Å². The first kappa shape index (κ1) is 21.1. The summed E-state index contributed by atoms with van der Waals surface area (Å²) in [7, 11) is -3.41. The van der Waals surface area contributed by atoms with Gasteiger partial charge >= 0.3 is 0 Å². The lowest BCUT2D eigenvalue weighted by atomic mass is 10.2. The van der Waals surface area contributed by atoms with Crippen LogP contribution in [0.1, 0.15) is 29.5 Å². The highest BCUT2D eigenvalue weighted by Gasteiger charge is 2.18. The number of primary amides is 2. The molecule has 11 heteroatoms. The molecule has 10 nitrogen and oxygen atoms in total. The van der Waals surface area contributed by atoms with Crippen LogP contribution in [0.25, 0.3) is 0 Å². The number of nitrogens with two attached hydrogens (primary N) is 2. The van der Waals surface area contributed by atoms with Gasteiger partial charge in [0.2, 0.25) is 5.91 Å². The maximum absolute atomic E-state index is 11.8. The normalized spacial score (nSPS) is 11.1. The number of carbonyl (C=O) groups excluding carboxylic acids is 2. The summed E-state index contributed by atoms with van der Waals surface area (Å²) in [5.74, 6) is -0.816. The highest BCUT2D eigenvalue weighted by Crippen LogP contribution is 2.24. The first-order valence-corrected chi connectivity index (χ1v) is 10.3. The number of nitrogens with zero attached hydrogens (tertiary/aromatic N) is 2. The Morgan fingerprint density at radius 3 is 2.43 bits per heavy atom. The molecular weight excluding hydrogens is 384 g/mol. The van der Waals surface area contributed by atoms with E-state index in [2.05, 4.69) is 20.6 Å². The van der Waals surface area contributed by atoms with Gasteiger partial charge < -0.3 is 22.1 Å². The molecule has 0 unspecified atom stereocenters. The standard InChI is InChI=1S/C17H22N6O4S/c1-3-12-16(20-8-7-13(18)24)23-17(14(22-12)15(19)25)21-10-5-4-6-11(9-10)28(2,26)27/h4-6,9H,3,7-8H2,1-2H3,(H2,18,24)(H2,19,25)(H2,20,21,23). The van der Waals surface area contributed by atoms with E-state index in [9.17, 15) is 18.0 Å². The van der Waals surface area contributed by atoms with Gasteiger partial charge in [-0.05, 0) is 24.6 Å². The number of anilines is 3. The zero-order valence-corrected chi connectivity index (χ0v) is 16.3. The zero-order valence-electron chi connectivity index (χ0n) is 15.5. The number of rotatable bonds is 9. The lowest BCUT2D eigenvalue weighted by Gasteiger charge is -2.15. The number of aryl methyl sites for hydroxylation is 1. The Morgan fingerprint density at radius 1 is 1.14 bits per heavy atom. The molecule has 0 spiro atoms. The third-order valence-electron chi connectivity index (χ3n) is 3.73. The fourth-order valence-corrected chi connectivity index (χ4v) is 3.03. The summed E-state index contributed by atoms with van der Waals surface area (Å²) in [4.78, 5) is 31.5. The fourth-order valence-electron chi connectivity index (χ4n) is 2.36. The van der Waals surface area contributed by atoms with Gasteiger partial charge in [-0.1, -0.05) is 13.0 Å². The molecule has 1 aromatic carbocycles. The van der Waals surface area contributed by atoms with Crippen LogP contribution in [0.5, 0.6) is 0 Å². The Morgan fingerprint density at radius 2 is 1.86 bits per heavy atom. The smallest absolute Gasteiger partial charge is 0.271 e. The summed E-state index contributed by atoms with van der Waals surface area (Å²) in [5.41, 5.74) is 11.4. The topological polar surface area (TPSA) is 170 Å². The molecule has 0 radical (unpaired) electrons. The maximum atomic E-state index is 11.8. The number of sulfone groups is 1. The molecule has 0 fully saturated rings. The number of hydrogen-bond donors (Lipinski definition) is 4. The summed E-state index contributed by atoms with van der Waals surface area (Å²) in [5, 5.41) is 5.85. The summed E-state index contributed by atoms with van der Waals surface area (Å²) in [6, 6.07) is 6.05. The van der Waals surface area contributed by atoms with Crippen LogP contribution in [0, 0.1) is 0 Å². The van der Waals surface area contributed by atoms with E-state index in [1.807, 2.05) is 6.92 Å². The molecule has 150 valence electrons. The van der Waals surface area contributed by atoms with E-state index in [1.165, 1.54) is 12.1 Å². The van der Waals surface area contributed by atoms with E-state index in [0.717, 1.165) is 6.26 Å². The predicted molar refractivity (Wildman–Crippen MR) is 105 cm³/mol. The van der Waals surface area contributed by atoms with Crippen molar-refractivity contribution in [2.24, 2.45) is 11.5 Å². The van der Waals surface area contributed by atoms with Gasteiger partial charge in [0.1, 0.15) is 5.82 Å². The molecule has 2 rings (SSSR count). The van der Waals surface area contributed by atoms with Gasteiger partial charge in [-0.2, -0.15) is 0 Å². The second-order valence-electron chi connectivity index (χ2n) is 6.00. The first-order valence-electron chi connectivity index (χ1n) is 8.41. The summed E-state index contributed by atoms with van der Waals surface area (Å²) in [6.45, 7) is 2.08. The van der Waals surface area contributed by atoms with Crippen LogP contribution in [-0.2, 0) is 21.1 Å². The Bertz CT molecular complexity index is 1010. The third-order valence-corrected chi connectivity index (χ3v) is 4.84. The van der Waals surface area contributed by atoms with Crippen LogP contribution >= 0.6 is 0 Å². The van der Waals surface area contributed by atoms with Crippen molar-refractivity contribution in [3.05, 3.63) is 35.7 Å². The Balaban J connectivity index is 2.43. The minimum absolute atomic E-state index is 0.0666.